The van der Waals surface area contributed by atoms with E-state index in [9.17, 15) is 14.4 Å². The predicted molar refractivity (Wildman–Crippen MR) is 132 cm³/mol. The zero-order chi connectivity index (χ0) is 24.9. The zero-order valence-corrected chi connectivity index (χ0v) is 19.5. The van der Waals surface area contributed by atoms with Gasteiger partial charge in [-0.25, -0.2) is 4.79 Å². The summed E-state index contributed by atoms with van der Waals surface area (Å²) in [5.41, 5.74) is 2.63. The van der Waals surface area contributed by atoms with Crippen LogP contribution in [0.2, 0.25) is 0 Å². The zero-order valence-electron chi connectivity index (χ0n) is 19.5. The van der Waals surface area contributed by atoms with Gasteiger partial charge in [0.1, 0.15) is 24.9 Å². The first-order valence-electron chi connectivity index (χ1n) is 11.2. The highest BCUT2D eigenvalue weighted by Crippen LogP contribution is 2.11. The third kappa shape index (κ3) is 8.85. The number of methoxy groups -OCH3 is 1. The first-order valence-corrected chi connectivity index (χ1v) is 11.2. The maximum atomic E-state index is 12.9. The molecule has 0 radical (unpaired) electrons. The maximum absolute atomic E-state index is 12.9. The van der Waals surface area contributed by atoms with Crippen LogP contribution >= 0.6 is 0 Å². The Bertz CT molecular complexity index is 1090. The lowest BCUT2D eigenvalue weighted by Gasteiger charge is -2.19. The van der Waals surface area contributed by atoms with Gasteiger partial charge in [0.15, 0.2) is 0 Å². The van der Waals surface area contributed by atoms with Crippen molar-refractivity contribution >= 4 is 17.9 Å². The Labute approximate surface area is 204 Å². The van der Waals surface area contributed by atoms with Gasteiger partial charge in [0.2, 0.25) is 11.8 Å². The summed E-state index contributed by atoms with van der Waals surface area (Å²) in [5.74, 6) is -0.101. The van der Waals surface area contributed by atoms with E-state index in [4.69, 9.17) is 9.47 Å². The van der Waals surface area contributed by atoms with E-state index in [0.29, 0.717) is 13.0 Å². The summed E-state index contributed by atoms with van der Waals surface area (Å²) in [4.78, 5) is 37.3. The first-order chi connectivity index (χ1) is 17.0. The van der Waals surface area contributed by atoms with Crippen LogP contribution in [0.5, 0.6) is 5.75 Å². The molecule has 0 saturated heterocycles. The lowest BCUT2D eigenvalue weighted by atomic mass is 10.0. The summed E-state index contributed by atoms with van der Waals surface area (Å²) in [6.45, 7) is 0.0808. The summed E-state index contributed by atoms with van der Waals surface area (Å²) >= 11 is 0. The summed E-state index contributed by atoms with van der Waals surface area (Å²) in [7, 11) is 1.59. The van der Waals surface area contributed by atoms with Crippen LogP contribution in [0.25, 0.3) is 0 Å². The quantitative estimate of drug-likeness (QED) is 0.395. The molecule has 0 spiro atoms. The van der Waals surface area contributed by atoms with Gasteiger partial charge in [-0.05, 0) is 28.8 Å². The smallest absolute Gasteiger partial charge is 0.407 e. The molecule has 0 fully saturated rings. The number of ether oxygens (including phenoxy) is 2. The third-order valence-corrected chi connectivity index (χ3v) is 5.17. The summed E-state index contributed by atoms with van der Waals surface area (Å²) in [5, 5.41) is 7.98. The molecule has 35 heavy (non-hydrogen) atoms. The molecular formula is C27H29N3O5. The molecule has 0 aromatic heterocycles. The minimum absolute atomic E-state index is 0.0959. The molecule has 3 aromatic rings. The van der Waals surface area contributed by atoms with Crippen molar-refractivity contribution in [3.8, 4) is 5.75 Å². The van der Waals surface area contributed by atoms with Gasteiger partial charge in [-0.1, -0.05) is 72.8 Å². The molecule has 3 N–H and O–H groups in total. The molecule has 8 nitrogen and oxygen atoms in total. The van der Waals surface area contributed by atoms with Crippen LogP contribution in [0.4, 0.5) is 4.79 Å². The van der Waals surface area contributed by atoms with Crippen molar-refractivity contribution < 1.29 is 23.9 Å². The molecule has 3 amide bonds. The maximum Gasteiger partial charge on any atom is 0.407 e. The van der Waals surface area contributed by atoms with Gasteiger partial charge in [-0.2, -0.15) is 0 Å². The molecule has 3 rings (SSSR count). The number of benzene rings is 3. The largest absolute Gasteiger partial charge is 0.497 e. The monoisotopic (exact) mass is 475 g/mol. The standard InChI is InChI=1S/C27H29N3O5/c1-34-23-14-12-21(13-15-23)17-28-26(32)24(16-20-8-4-2-5-9-20)30-25(31)18-29-27(33)35-19-22-10-6-3-7-11-22/h2-15,24H,16-19H2,1H3,(H,28,32)(H,29,33)(H,30,31)/t24-/m1/s1. The molecule has 0 aliphatic carbocycles. The second-order valence-corrected chi connectivity index (χ2v) is 7.79. The first kappa shape index (κ1) is 25.3. The van der Waals surface area contributed by atoms with Gasteiger partial charge >= 0.3 is 6.09 Å². The molecule has 0 saturated carbocycles. The number of nitrogens with one attached hydrogen (secondary N) is 3. The highest BCUT2D eigenvalue weighted by atomic mass is 16.5. The molecule has 0 aliphatic heterocycles. The van der Waals surface area contributed by atoms with Crippen LogP contribution in [-0.4, -0.2) is 37.6 Å². The van der Waals surface area contributed by atoms with Crippen molar-refractivity contribution in [3.05, 3.63) is 102 Å². The topological polar surface area (TPSA) is 106 Å². The van der Waals surface area contributed by atoms with Gasteiger partial charge < -0.3 is 25.4 Å². The number of rotatable bonds is 11. The van der Waals surface area contributed by atoms with E-state index in [1.165, 1.54) is 0 Å². The highest BCUT2D eigenvalue weighted by Gasteiger charge is 2.21. The number of hydrogen-bond donors (Lipinski definition) is 3. The van der Waals surface area contributed by atoms with Crippen LogP contribution < -0.4 is 20.7 Å². The fraction of sp³-hybridized carbons (Fsp3) is 0.222. The number of carbonyl (C=O) groups is 3. The van der Waals surface area contributed by atoms with Crippen molar-refractivity contribution in [2.45, 2.75) is 25.6 Å². The van der Waals surface area contributed by atoms with Crippen molar-refractivity contribution in [1.29, 1.82) is 0 Å². The molecule has 1 atom stereocenters. The van der Waals surface area contributed by atoms with Crippen molar-refractivity contribution in [1.82, 2.24) is 16.0 Å². The van der Waals surface area contributed by atoms with Crippen LogP contribution in [0.1, 0.15) is 16.7 Å². The summed E-state index contributed by atoms with van der Waals surface area (Å²) in [6.07, 6.45) is -0.410. The average Bonchev–Trinajstić information content (AvgIpc) is 2.90. The fourth-order valence-corrected chi connectivity index (χ4v) is 3.29. The minimum atomic E-state index is -0.815. The normalized spacial score (nSPS) is 11.1. The Kier molecular flexibility index (Phi) is 9.68. The second kappa shape index (κ2) is 13.4. The number of carbonyl (C=O) groups excluding carboxylic acids is 3. The van der Waals surface area contributed by atoms with Gasteiger partial charge in [0.05, 0.1) is 7.11 Å². The van der Waals surface area contributed by atoms with E-state index in [-0.39, 0.29) is 19.1 Å². The molecule has 0 aliphatic rings. The SMILES string of the molecule is COc1ccc(CNC(=O)[C@@H](Cc2ccccc2)NC(=O)CNC(=O)OCc2ccccc2)cc1. The van der Waals surface area contributed by atoms with E-state index >= 15 is 0 Å². The van der Waals surface area contributed by atoms with Gasteiger partial charge in [0, 0.05) is 13.0 Å². The second-order valence-electron chi connectivity index (χ2n) is 7.79. The highest BCUT2D eigenvalue weighted by molar-refractivity contribution is 5.89. The van der Waals surface area contributed by atoms with E-state index in [1.807, 2.05) is 84.9 Å². The van der Waals surface area contributed by atoms with Crippen LogP contribution in [0.3, 0.4) is 0 Å². The van der Waals surface area contributed by atoms with Gasteiger partial charge in [0.25, 0.3) is 0 Å². The van der Waals surface area contributed by atoms with Crippen molar-refractivity contribution in [2.75, 3.05) is 13.7 Å². The Balaban J connectivity index is 1.52. The van der Waals surface area contributed by atoms with E-state index in [1.54, 1.807) is 7.11 Å². The lowest BCUT2D eigenvalue weighted by Crippen LogP contribution is -2.50. The molecule has 0 bridgehead atoms. The lowest BCUT2D eigenvalue weighted by molar-refractivity contribution is -0.128. The number of hydrogen-bond acceptors (Lipinski definition) is 5. The molecular weight excluding hydrogens is 446 g/mol. The van der Waals surface area contributed by atoms with E-state index in [2.05, 4.69) is 16.0 Å². The Morgan fingerprint density at radius 3 is 2.03 bits per heavy atom. The molecule has 8 heteroatoms. The molecule has 0 heterocycles. The van der Waals surface area contributed by atoms with Crippen LogP contribution in [0, 0.1) is 0 Å². The molecule has 3 aromatic carbocycles. The van der Waals surface area contributed by atoms with Crippen LogP contribution in [-0.2, 0) is 33.9 Å². The van der Waals surface area contributed by atoms with Crippen LogP contribution in [0.15, 0.2) is 84.9 Å². The minimum Gasteiger partial charge on any atom is -0.497 e. The Morgan fingerprint density at radius 1 is 0.771 bits per heavy atom. The number of amides is 3. The molecule has 0 unspecified atom stereocenters. The summed E-state index contributed by atoms with van der Waals surface area (Å²) < 4.78 is 10.3. The summed E-state index contributed by atoms with van der Waals surface area (Å²) in [6, 6.07) is 25.1. The fourth-order valence-electron chi connectivity index (χ4n) is 3.29. The predicted octanol–water partition coefficient (Wildman–Crippen LogP) is 2.97. The molecule has 182 valence electrons. The average molecular weight is 476 g/mol. The van der Waals surface area contributed by atoms with Gasteiger partial charge in [-0.15, -0.1) is 0 Å². The third-order valence-electron chi connectivity index (χ3n) is 5.17. The van der Waals surface area contributed by atoms with E-state index < -0.39 is 18.0 Å². The van der Waals surface area contributed by atoms with Crippen molar-refractivity contribution in [3.63, 3.8) is 0 Å². The van der Waals surface area contributed by atoms with Gasteiger partial charge in [-0.3, -0.25) is 9.59 Å². The van der Waals surface area contributed by atoms with Crippen molar-refractivity contribution in [2.24, 2.45) is 0 Å². The Hall–Kier alpha value is -4.33. The Morgan fingerprint density at radius 2 is 1.40 bits per heavy atom. The van der Waals surface area contributed by atoms with E-state index in [0.717, 1.165) is 22.4 Å². The number of alkyl carbamates (subject to hydrolysis) is 1.